The van der Waals surface area contributed by atoms with Gasteiger partial charge >= 0.3 is 5.97 Å². The van der Waals surface area contributed by atoms with E-state index in [1.54, 1.807) is 26.2 Å². The lowest BCUT2D eigenvalue weighted by Gasteiger charge is -2.30. The molecule has 0 saturated heterocycles. The van der Waals surface area contributed by atoms with Crippen molar-refractivity contribution in [1.82, 2.24) is 4.98 Å². The van der Waals surface area contributed by atoms with E-state index in [4.69, 9.17) is 24.6 Å². The van der Waals surface area contributed by atoms with Crippen LogP contribution in [0.15, 0.2) is 34.1 Å². The smallest absolute Gasteiger partial charge is 0.338 e. The summed E-state index contributed by atoms with van der Waals surface area (Å²) < 4.78 is 16.9. The molecule has 2 aromatic rings. The number of hydrogen-bond acceptors (Lipinski definition) is 6. The molecule has 3 heterocycles. The Labute approximate surface area is 152 Å². The Morgan fingerprint density at radius 3 is 2.92 bits per heavy atom. The molecule has 0 bridgehead atoms. The monoisotopic (exact) mass is 354 g/mol. The Hall–Kier alpha value is -2.76. The minimum absolute atomic E-state index is 0.283. The molecule has 26 heavy (non-hydrogen) atoms. The summed E-state index contributed by atoms with van der Waals surface area (Å²) in [5.74, 6) is 0.665. The summed E-state index contributed by atoms with van der Waals surface area (Å²) in [6, 6.07) is 3.63. The number of carbonyl (C=O) groups is 1. The third kappa shape index (κ3) is 2.57. The fraction of sp³-hybridized carbons (Fsp3) is 0.400. The summed E-state index contributed by atoms with van der Waals surface area (Å²) >= 11 is 0. The number of pyridine rings is 1. The molecule has 2 aliphatic rings. The minimum Gasteiger partial charge on any atom is -0.468 e. The Balaban J connectivity index is 1.93. The SMILES string of the molecule is CCOC(=O)C1=C(C)Oc2nc3c(c(N)c2[C@H]1c1ccco1)CCCC3. The zero-order valence-corrected chi connectivity index (χ0v) is 15.0. The van der Waals surface area contributed by atoms with Crippen molar-refractivity contribution in [2.75, 3.05) is 12.3 Å². The van der Waals surface area contributed by atoms with Crippen molar-refractivity contribution in [1.29, 1.82) is 0 Å². The zero-order chi connectivity index (χ0) is 18.3. The van der Waals surface area contributed by atoms with Gasteiger partial charge in [-0.05, 0) is 57.2 Å². The van der Waals surface area contributed by atoms with Crippen molar-refractivity contribution in [2.24, 2.45) is 0 Å². The Morgan fingerprint density at radius 1 is 1.38 bits per heavy atom. The Bertz CT molecular complexity index is 884. The molecule has 1 atom stereocenters. The lowest BCUT2D eigenvalue weighted by Crippen LogP contribution is -2.26. The fourth-order valence-corrected chi connectivity index (χ4v) is 3.88. The van der Waals surface area contributed by atoms with Crippen LogP contribution in [0.25, 0.3) is 0 Å². The first kappa shape index (κ1) is 16.7. The van der Waals surface area contributed by atoms with Crippen LogP contribution in [0, 0.1) is 0 Å². The number of nitrogens with two attached hydrogens (primary N) is 1. The molecule has 0 amide bonds. The Morgan fingerprint density at radius 2 is 2.19 bits per heavy atom. The lowest BCUT2D eigenvalue weighted by atomic mass is 9.83. The van der Waals surface area contributed by atoms with Crippen LogP contribution in [-0.4, -0.2) is 17.6 Å². The van der Waals surface area contributed by atoms with Crippen LogP contribution >= 0.6 is 0 Å². The normalized spacial score (nSPS) is 18.8. The Kier molecular flexibility index (Phi) is 4.18. The summed E-state index contributed by atoms with van der Waals surface area (Å²) in [6.07, 6.45) is 5.57. The number of allylic oxidation sites excluding steroid dienone is 1. The standard InChI is InChI=1S/C20H22N2O4/c1-3-24-20(23)15-11(2)26-19-17(16(15)14-9-6-10-25-14)18(21)12-7-4-5-8-13(12)22-19/h6,9-10,16H,3-5,7-8H2,1-2H3,(H2,21,22)/t16-/m0/s1. The average molecular weight is 354 g/mol. The molecule has 4 rings (SSSR count). The third-order valence-electron chi connectivity index (χ3n) is 5.05. The lowest BCUT2D eigenvalue weighted by molar-refractivity contribution is -0.139. The van der Waals surface area contributed by atoms with Crippen LogP contribution in [0.2, 0.25) is 0 Å². The zero-order valence-electron chi connectivity index (χ0n) is 15.0. The quantitative estimate of drug-likeness (QED) is 0.849. The molecule has 1 aliphatic carbocycles. The molecule has 0 radical (unpaired) electrons. The molecule has 6 heteroatoms. The highest BCUT2D eigenvalue weighted by molar-refractivity contribution is 5.93. The summed E-state index contributed by atoms with van der Waals surface area (Å²) in [7, 11) is 0. The summed E-state index contributed by atoms with van der Waals surface area (Å²) in [4.78, 5) is 17.4. The van der Waals surface area contributed by atoms with Crippen LogP contribution in [-0.2, 0) is 22.4 Å². The van der Waals surface area contributed by atoms with Gasteiger partial charge in [-0.15, -0.1) is 0 Å². The predicted molar refractivity (Wildman–Crippen MR) is 95.8 cm³/mol. The van der Waals surface area contributed by atoms with Crippen molar-refractivity contribution in [3.8, 4) is 5.88 Å². The van der Waals surface area contributed by atoms with Crippen molar-refractivity contribution < 1.29 is 18.7 Å². The molecule has 0 fully saturated rings. The molecule has 0 spiro atoms. The molecule has 0 unspecified atom stereocenters. The molecule has 0 aromatic carbocycles. The van der Waals surface area contributed by atoms with Crippen molar-refractivity contribution >= 4 is 11.7 Å². The number of aromatic nitrogens is 1. The number of esters is 1. The van der Waals surface area contributed by atoms with Crippen LogP contribution in [0.5, 0.6) is 5.88 Å². The van der Waals surface area contributed by atoms with Gasteiger partial charge in [0.15, 0.2) is 0 Å². The maximum absolute atomic E-state index is 12.7. The number of ether oxygens (including phenoxy) is 2. The first-order chi connectivity index (χ1) is 12.6. The van der Waals surface area contributed by atoms with Crippen LogP contribution < -0.4 is 10.5 Å². The van der Waals surface area contributed by atoms with E-state index in [1.807, 2.05) is 6.07 Å². The molecule has 2 N–H and O–H groups in total. The van der Waals surface area contributed by atoms with Gasteiger partial charge in [0.05, 0.1) is 29.9 Å². The summed E-state index contributed by atoms with van der Waals surface area (Å²) in [6.45, 7) is 3.81. The van der Waals surface area contributed by atoms with E-state index in [0.29, 0.717) is 34.2 Å². The summed E-state index contributed by atoms with van der Waals surface area (Å²) in [5, 5.41) is 0. The summed E-state index contributed by atoms with van der Waals surface area (Å²) in [5.41, 5.74) is 10.4. The first-order valence-corrected chi connectivity index (χ1v) is 9.02. The van der Waals surface area contributed by atoms with E-state index in [9.17, 15) is 4.79 Å². The molecular weight excluding hydrogens is 332 g/mol. The predicted octanol–water partition coefficient (Wildman–Crippen LogP) is 3.50. The van der Waals surface area contributed by atoms with Gasteiger partial charge in [0.25, 0.3) is 0 Å². The topological polar surface area (TPSA) is 87.6 Å². The maximum Gasteiger partial charge on any atom is 0.338 e. The molecule has 1 aliphatic heterocycles. The molecule has 136 valence electrons. The number of nitrogens with zero attached hydrogens (tertiary/aromatic N) is 1. The number of anilines is 1. The number of carbonyl (C=O) groups excluding carboxylic acids is 1. The number of rotatable bonds is 3. The van der Waals surface area contributed by atoms with Crippen molar-refractivity contribution in [2.45, 2.75) is 45.4 Å². The van der Waals surface area contributed by atoms with Gasteiger partial charge in [-0.2, -0.15) is 0 Å². The second kappa shape index (κ2) is 6.52. The highest BCUT2D eigenvalue weighted by Gasteiger charge is 2.40. The van der Waals surface area contributed by atoms with Gasteiger partial charge in [-0.3, -0.25) is 0 Å². The average Bonchev–Trinajstić information content (AvgIpc) is 3.15. The van der Waals surface area contributed by atoms with E-state index in [1.165, 1.54) is 0 Å². The molecule has 6 nitrogen and oxygen atoms in total. The van der Waals surface area contributed by atoms with E-state index < -0.39 is 11.9 Å². The maximum atomic E-state index is 12.7. The third-order valence-corrected chi connectivity index (χ3v) is 5.05. The van der Waals surface area contributed by atoms with E-state index in [-0.39, 0.29) is 6.61 Å². The molecular formula is C20H22N2O4. The van der Waals surface area contributed by atoms with E-state index in [2.05, 4.69) is 0 Å². The highest BCUT2D eigenvalue weighted by atomic mass is 16.5. The second-order valence-corrected chi connectivity index (χ2v) is 6.62. The van der Waals surface area contributed by atoms with Crippen molar-refractivity contribution in [3.05, 3.63) is 52.3 Å². The first-order valence-electron chi connectivity index (χ1n) is 9.02. The minimum atomic E-state index is -0.479. The number of fused-ring (bicyclic) bond motifs is 2. The fourth-order valence-electron chi connectivity index (χ4n) is 3.88. The molecule has 2 aromatic heterocycles. The van der Waals surface area contributed by atoms with Crippen LogP contribution in [0.3, 0.4) is 0 Å². The van der Waals surface area contributed by atoms with Crippen molar-refractivity contribution in [3.63, 3.8) is 0 Å². The second-order valence-electron chi connectivity index (χ2n) is 6.62. The van der Waals surface area contributed by atoms with E-state index >= 15 is 0 Å². The van der Waals surface area contributed by atoms with Crippen LogP contribution in [0.4, 0.5) is 5.69 Å². The van der Waals surface area contributed by atoms with E-state index in [0.717, 1.165) is 36.9 Å². The number of aryl methyl sites for hydroxylation is 1. The van der Waals surface area contributed by atoms with Gasteiger partial charge in [0.2, 0.25) is 5.88 Å². The van der Waals surface area contributed by atoms with Crippen LogP contribution in [0.1, 0.15) is 55.2 Å². The highest BCUT2D eigenvalue weighted by Crippen LogP contribution is 2.47. The van der Waals surface area contributed by atoms with Gasteiger partial charge in [0.1, 0.15) is 11.5 Å². The number of hydrogen-bond donors (Lipinski definition) is 1. The number of furan rings is 1. The molecule has 0 saturated carbocycles. The largest absolute Gasteiger partial charge is 0.468 e. The number of nitrogen functional groups attached to an aromatic ring is 1. The van der Waals surface area contributed by atoms with Gasteiger partial charge in [-0.1, -0.05) is 0 Å². The van der Waals surface area contributed by atoms with Gasteiger partial charge in [0, 0.05) is 11.4 Å². The van der Waals surface area contributed by atoms with Gasteiger partial charge < -0.3 is 19.6 Å². The van der Waals surface area contributed by atoms with Gasteiger partial charge in [-0.25, -0.2) is 9.78 Å².